The van der Waals surface area contributed by atoms with Crippen LogP contribution >= 0.6 is 0 Å². The van der Waals surface area contributed by atoms with E-state index in [9.17, 15) is 23.3 Å². The molecule has 0 spiro atoms. The smallest absolute Gasteiger partial charge is 0.310 e. The summed E-state index contributed by atoms with van der Waals surface area (Å²) < 4.78 is 33.5. The van der Waals surface area contributed by atoms with Crippen molar-refractivity contribution in [2.45, 2.75) is 49.6 Å². The number of amides is 1. The number of anilines is 1. The van der Waals surface area contributed by atoms with Crippen LogP contribution in [0, 0.1) is 11.3 Å². The van der Waals surface area contributed by atoms with Crippen molar-refractivity contribution in [3.8, 4) is 17.2 Å². The maximum absolute atomic E-state index is 13.4. The maximum atomic E-state index is 13.4. The van der Waals surface area contributed by atoms with E-state index >= 15 is 0 Å². The molecule has 3 aromatic rings. The molecule has 212 valence electrons. The molecule has 1 aliphatic rings. The van der Waals surface area contributed by atoms with Gasteiger partial charge in [-0.15, -0.1) is 0 Å². The van der Waals surface area contributed by atoms with Gasteiger partial charge in [0, 0.05) is 41.0 Å². The summed E-state index contributed by atoms with van der Waals surface area (Å²) in [7, 11) is -2.67. The van der Waals surface area contributed by atoms with E-state index < -0.39 is 39.5 Å². The molecular weight excluding hydrogens is 548 g/mol. The number of carbonyl (C=O) groups is 2. The molecule has 0 saturated heterocycles. The Bertz CT molecular complexity index is 1660. The minimum absolute atomic E-state index is 0.0526. The number of hydrogen-bond donors (Lipinski definition) is 2. The van der Waals surface area contributed by atoms with Gasteiger partial charge < -0.3 is 9.57 Å². The van der Waals surface area contributed by atoms with Crippen molar-refractivity contribution < 1.29 is 27.6 Å². The number of sulfonamides is 1. The fourth-order valence-corrected chi connectivity index (χ4v) is 5.80. The molecule has 1 aliphatic heterocycles. The van der Waals surface area contributed by atoms with Crippen molar-refractivity contribution in [3.63, 3.8) is 0 Å². The number of methoxy groups -OCH3 is 1. The summed E-state index contributed by atoms with van der Waals surface area (Å²) in [6.07, 6.45) is 2.25. The molecule has 2 N–H and O–H groups in total. The number of oxime groups is 1. The van der Waals surface area contributed by atoms with E-state index in [2.05, 4.69) is 25.2 Å². The molecule has 1 atom stereocenters. The number of nitriles is 1. The average Bonchev–Trinajstić information content (AvgIpc) is 3.37. The normalized spacial score (nSPS) is 16.7. The van der Waals surface area contributed by atoms with Crippen LogP contribution in [0.2, 0.25) is 0 Å². The summed E-state index contributed by atoms with van der Waals surface area (Å²) in [6, 6.07) is 15.1. The van der Waals surface area contributed by atoms with Crippen LogP contribution in [0.3, 0.4) is 0 Å². The molecule has 0 bridgehead atoms. The van der Waals surface area contributed by atoms with E-state index in [0.29, 0.717) is 28.0 Å². The summed E-state index contributed by atoms with van der Waals surface area (Å²) in [6.45, 7) is 5.23. The van der Waals surface area contributed by atoms with Gasteiger partial charge in [0.2, 0.25) is 21.6 Å². The van der Waals surface area contributed by atoms with E-state index in [-0.39, 0.29) is 17.3 Å². The Morgan fingerprint density at radius 1 is 1.10 bits per heavy atom. The molecule has 0 unspecified atom stereocenters. The SMILES string of the molecule is COC(=O)C[C@@]1(C(=O)Nc2ncc(-c3ccccc3S(=O)(=O)NC(C)(C)C)cn2)CC(c2cccc(C#N)c2)=NO1. The lowest BCUT2D eigenvalue weighted by atomic mass is 9.90. The molecule has 2 aromatic carbocycles. The summed E-state index contributed by atoms with van der Waals surface area (Å²) in [5.74, 6) is -1.52. The van der Waals surface area contributed by atoms with E-state index in [1.807, 2.05) is 6.07 Å². The Hall–Kier alpha value is -4.67. The van der Waals surface area contributed by atoms with Gasteiger partial charge in [-0.3, -0.25) is 14.9 Å². The number of benzene rings is 2. The van der Waals surface area contributed by atoms with Crippen LogP contribution in [-0.2, 0) is 29.2 Å². The molecule has 0 radical (unpaired) electrons. The molecule has 2 heterocycles. The van der Waals surface area contributed by atoms with Crippen molar-refractivity contribution in [1.29, 1.82) is 5.26 Å². The summed E-state index contributed by atoms with van der Waals surface area (Å²) >= 11 is 0. The van der Waals surface area contributed by atoms with Crippen LogP contribution in [0.4, 0.5) is 5.95 Å². The number of hydrogen-bond acceptors (Lipinski definition) is 10. The van der Waals surface area contributed by atoms with Crippen LogP contribution in [0.25, 0.3) is 11.1 Å². The van der Waals surface area contributed by atoms with Crippen molar-refractivity contribution in [1.82, 2.24) is 14.7 Å². The van der Waals surface area contributed by atoms with Crippen LogP contribution in [0.5, 0.6) is 0 Å². The molecule has 0 aliphatic carbocycles. The molecule has 12 nitrogen and oxygen atoms in total. The molecule has 0 saturated carbocycles. The molecule has 4 rings (SSSR count). The quantitative estimate of drug-likeness (QED) is 0.382. The zero-order valence-corrected chi connectivity index (χ0v) is 23.7. The number of aromatic nitrogens is 2. The minimum Gasteiger partial charge on any atom is -0.469 e. The van der Waals surface area contributed by atoms with Crippen molar-refractivity contribution in [2.24, 2.45) is 5.16 Å². The largest absolute Gasteiger partial charge is 0.469 e. The summed E-state index contributed by atoms with van der Waals surface area (Å²) in [4.78, 5) is 39.6. The number of nitrogens with one attached hydrogen (secondary N) is 2. The number of esters is 1. The van der Waals surface area contributed by atoms with Crippen LogP contribution < -0.4 is 10.0 Å². The third-order valence-corrected chi connectivity index (χ3v) is 7.80. The van der Waals surface area contributed by atoms with E-state index in [0.717, 1.165) is 0 Å². The second-order valence-electron chi connectivity index (χ2n) is 10.3. The molecular formula is C28H28N6O6S. The zero-order chi connectivity index (χ0) is 29.8. The second-order valence-corrected chi connectivity index (χ2v) is 12.0. The molecule has 1 amide bonds. The Labute approximate surface area is 237 Å². The Kier molecular flexibility index (Phi) is 8.18. The average molecular weight is 577 g/mol. The van der Waals surface area contributed by atoms with Gasteiger partial charge in [-0.2, -0.15) is 5.26 Å². The number of ether oxygens (including phenoxy) is 1. The lowest BCUT2D eigenvalue weighted by Crippen LogP contribution is -2.45. The Morgan fingerprint density at radius 2 is 1.80 bits per heavy atom. The fraction of sp³-hybridized carbons (Fsp3) is 0.286. The lowest BCUT2D eigenvalue weighted by Gasteiger charge is -2.23. The minimum atomic E-state index is -3.86. The van der Waals surface area contributed by atoms with Gasteiger partial charge >= 0.3 is 5.97 Å². The van der Waals surface area contributed by atoms with E-state index in [1.54, 1.807) is 63.2 Å². The Balaban J connectivity index is 1.57. The van der Waals surface area contributed by atoms with Gasteiger partial charge in [-0.05, 0) is 39.0 Å². The third kappa shape index (κ3) is 6.74. The molecule has 0 fully saturated rings. The van der Waals surface area contributed by atoms with E-state index in [4.69, 9.17) is 9.57 Å². The topological polar surface area (TPSA) is 173 Å². The highest BCUT2D eigenvalue weighted by Gasteiger charge is 2.49. The summed E-state index contributed by atoms with van der Waals surface area (Å²) in [5.41, 5.74) is -0.313. The van der Waals surface area contributed by atoms with Crippen LogP contribution in [0.1, 0.15) is 44.7 Å². The van der Waals surface area contributed by atoms with Gasteiger partial charge in [0.05, 0.1) is 35.8 Å². The predicted octanol–water partition coefficient (Wildman–Crippen LogP) is 3.16. The first kappa shape index (κ1) is 29.3. The van der Waals surface area contributed by atoms with Crippen LogP contribution in [-0.4, -0.2) is 54.2 Å². The van der Waals surface area contributed by atoms with Gasteiger partial charge in [-0.1, -0.05) is 35.5 Å². The van der Waals surface area contributed by atoms with Crippen LogP contribution in [0.15, 0.2) is 71.0 Å². The maximum Gasteiger partial charge on any atom is 0.310 e. The van der Waals surface area contributed by atoms with Crippen molar-refractivity contribution >= 4 is 33.6 Å². The third-order valence-electron chi connectivity index (χ3n) is 5.99. The van der Waals surface area contributed by atoms with Gasteiger partial charge in [0.25, 0.3) is 5.91 Å². The second kappa shape index (κ2) is 11.4. The zero-order valence-electron chi connectivity index (χ0n) is 22.8. The highest BCUT2D eigenvalue weighted by Crippen LogP contribution is 2.33. The first-order valence-corrected chi connectivity index (χ1v) is 13.9. The van der Waals surface area contributed by atoms with Crippen molar-refractivity contribution in [2.75, 3.05) is 12.4 Å². The monoisotopic (exact) mass is 576 g/mol. The first-order chi connectivity index (χ1) is 19.4. The highest BCUT2D eigenvalue weighted by molar-refractivity contribution is 7.89. The standard InChI is InChI=1S/C28H28N6O6S/c1-27(2,3)34-41(37,38)23-11-6-5-10-21(23)20-16-30-26(31-17-20)32-25(36)28(14-24(35)39-4)13-22(33-40-28)19-9-7-8-18(12-19)15-29/h5-12,16-17,34H,13-14H2,1-4H3,(H,30,31,32,36)/t28-/m1/s1. The number of nitrogens with zero attached hydrogens (tertiary/aromatic N) is 4. The highest BCUT2D eigenvalue weighted by atomic mass is 32.2. The predicted molar refractivity (Wildman–Crippen MR) is 149 cm³/mol. The number of rotatable bonds is 8. The Morgan fingerprint density at radius 3 is 2.46 bits per heavy atom. The van der Waals surface area contributed by atoms with Gasteiger partial charge in [-0.25, -0.2) is 23.1 Å². The number of carbonyl (C=O) groups excluding carboxylic acids is 2. The summed E-state index contributed by atoms with van der Waals surface area (Å²) in [5, 5.41) is 15.8. The molecule has 41 heavy (non-hydrogen) atoms. The van der Waals surface area contributed by atoms with Gasteiger partial charge in [0.15, 0.2) is 0 Å². The van der Waals surface area contributed by atoms with Gasteiger partial charge in [0.1, 0.15) is 0 Å². The van der Waals surface area contributed by atoms with Crippen molar-refractivity contribution in [3.05, 3.63) is 72.1 Å². The fourth-order valence-electron chi connectivity index (χ4n) is 4.15. The first-order valence-electron chi connectivity index (χ1n) is 12.5. The molecule has 13 heteroatoms. The molecule has 1 aromatic heterocycles. The van der Waals surface area contributed by atoms with E-state index in [1.165, 1.54) is 25.6 Å². The lowest BCUT2D eigenvalue weighted by molar-refractivity contribution is -0.155.